The smallest absolute Gasteiger partial charge is 0.139 e. The molecule has 0 bridgehead atoms. The molecule has 0 aromatic carbocycles. The third-order valence-corrected chi connectivity index (χ3v) is 2.38. The summed E-state index contributed by atoms with van der Waals surface area (Å²) in [5.74, 6) is 0.730. The predicted molar refractivity (Wildman–Crippen MR) is 64.8 cm³/mol. The second kappa shape index (κ2) is 5.52. The van der Waals surface area contributed by atoms with Crippen molar-refractivity contribution >= 4 is 12.2 Å². The van der Waals surface area contributed by atoms with Gasteiger partial charge < -0.3 is 14.5 Å². The lowest BCUT2D eigenvalue weighted by molar-refractivity contribution is -0.0212. The van der Waals surface area contributed by atoms with Crippen LogP contribution in [0.5, 0.6) is 0 Å². The van der Waals surface area contributed by atoms with Crippen molar-refractivity contribution in [3.8, 4) is 0 Å². The molecule has 1 aromatic rings. The molecule has 1 rings (SSSR count). The average molecular weight is 242 g/mol. The molecule has 0 aliphatic rings. The normalized spacial score (nSPS) is 11.8. The number of H-pyrrole nitrogens is 1. The van der Waals surface area contributed by atoms with Crippen molar-refractivity contribution < 1.29 is 9.47 Å². The number of hydrogen-bond acceptors (Lipinski definition) is 4. The van der Waals surface area contributed by atoms with Crippen LogP contribution in [-0.4, -0.2) is 23.7 Å². The van der Waals surface area contributed by atoms with E-state index < -0.39 is 5.60 Å². The van der Waals surface area contributed by atoms with Gasteiger partial charge in [0.2, 0.25) is 0 Å². The van der Waals surface area contributed by atoms with Gasteiger partial charge in [-0.2, -0.15) is 0 Å². The molecule has 1 heterocycles. The molecule has 5 heteroatoms. The van der Waals surface area contributed by atoms with E-state index in [9.17, 15) is 0 Å². The van der Waals surface area contributed by atoms with E-state index in [4.69, 9.17) is 21.7 Å². The molecule has 0 atom stereocenters. The molecule has 0 amide bonds. The maximum absolute atomic E-state index is 5.62. The molecule has 0 fully saturated rings. The first kappa shape index (κ1) is 13.3. The summed E-state index contributed by atoms with van der Waals surface area (Å²) in [6, 6.07) is 1.80. The van der Waals surface area contributed by atoms with Crippen LogP contribution in [-0.2, 0) is 21.7 Å². The Morgan fingerprint density at radius 2 is 2.19 bits per heavy atom. The van der Waals surface area contributed by atoms with E-state index in [0.29, 0.717) is 17.9 Å². The van der Waals surface area contributed by atoms with Crippen LogP contribution >= 0.6 is 12.2 Å². The molecule has 0 radical (unpaired) electrons. The summed E-state index contributed by atoms with van der Waals surface area (Å²) in [7, 11) is 1.64. The molecule has 0 aliphatic carbocycles. The summed E-state index contributed by atoms with van der Waals surface area (Å²) < 4.78 is 11.2. The van der Waals surface area contributed by atoms with E-state index >= 15 is 0 Å². The largest absolute Gasteiger partial charge is 0.378 e. The highest BCUT2D eigenvalue weighted by molar-refractivity contribution is 7.71. The van der Waals surface area contributed by atoms with Gasteiger partial charge in [0.25, 0.3) is 0 Å². The second-order valence-electron chi connectivity index (χ2n) is 3.97. The van der Waals surface area contributed by atoms with Gasteiger partial charge in [-0.15, -0.1) is 0 Å². The molecule has 90 valence electrons. The molecule has 0 spiro atoms. The van der Waals surface area contributed by atoms with Crippen LogP contribution in [0.4, 0.5) is 0 Å². The molecule has 0 saturated carbocycles. The summed E-state index contributed by atoms with van der Waals surface area (Å²) in [4.78, 5) is 7.47. The Balaban J connectivity index is 3.08. The Morgan fingerprint density at radius 3 is 2.75 bits per heavy atom. The molecule has 16 heavy (non-hydrogen) atoms. The summed E-state index contributed by atoms with van der Waals surface area (Å²) in [5.41, 5.74) is 0.441. The lowest BCUT2D eigenvalue weighted by Crippen LogP contribution is -2.25. The molecule has 0 aliphatic heterocycles. The molecular weight excluding hydrogens is 224 g/mol. The van der Waals surface area contributed by atoms with Crippen LogP contribution in [0.15, 0.2) is 6.07 Å². The van der Waals surface area contributed by atoms with Crippen molar-refractivity contribution in [2.24, 2.45) is 0 Å². The first-order chi connectivity index (χ1) is 7.49. The van der Waals surface area contributed by atoms with Crippen molar-refractivity contribution in [1.82, 2.24) is 9.97 Å². The van der Waals surface area contributed by atoms with Crippen molar-refractivity contribution in [1.29, 1.82) is 0 Å². The fourth-order valence-electron chi connectivity index (χ4n) is 1.46. The van der Waals surface area contributed by atoms with Crippen molar-refractivity contribution in [2.45, 2.75) is 33.0 Å². The summed E-state index contributed by atoms with van der Waals surface area (Å²) in [6.45, 7) is 6.99. The van der Waals surface area contributed by atoms with E-state index in [2.05, 4.69) is 9.97 Å². The molecule has 0 unspecified atom stereocenters. The number of hydrogen-bond donors (Lipinski definition) is 1. The van der Waals surface area contributed by atoms with Gasteiger partial charge in [-0.3, -0.25) is 0 Å². The Hall–Kier alpha value is -0.780. The number of nitrogens with zero attached hydrogens (tertiary/aromatic N) is 1. The second-order valence-corrected chi connectivity index (χ2v) is 4.39. The van der Waals surface area contributed by atoms with Gasteiger partial charge >= 0.3 is 0 Å². The highest BCUT2D eigenvalue weighted by Crippen LogP contribution is 2.21. The van der Waals surface area contributed by atoms with E-state index in [1.54, 1.807) is 13.2 Å². The lowest BCUT2D eigenvalue weighted by atomic mass is 10.1. The van der Waals surface area contributed by atoms with Gasteiger partial charge in [0.05, 0.1) is 6.61 Å². The molecule has 4 nitrogen and oxygen atoms in total. The van der Waals surface area contributed by atoms with E-state index in [-0.39, 0.29) is 0 Å². The maximum atomic E-state index is 5.62. The fourth-order valence-corrected chi connectivity index (χ4v) is 1.69. The number of nitrogens with one attached hydrogen (secondary N) is 1. The summed E-state index contributed by atoms with van der Waals surface area (Å²) in [5, 5.41) is 0. The lowest BCUT2D eigenvalue weighted by Gasteiger charge is -2.24. The SMILES string of the molecule is CCOC(C)(C)c1nc(=S)cc(COC)[nH]1. The van der Waals surface area contributed by atoms with Gasteiger partial charge in [-0.05, 0) is 26.8 Å². The first-order valence-corrected chi connectivity index (χ1v) is 5.64. The average Bonchev–Trinajstić information content (AvgIpc) is 2.17. The molecule has 0 saturated heterocycles. The number of aromatic nitrogens is 2. The summed E-state index contributed by atoms with van der Waals surface area (Å²) >= 11 is 5.11. The fraction of sp³-hybridized carbons (Fsp3) is 0.636. The molecule has 1 N–H and O–H groups in total. The van der Waals surface area contributed by atoms with Gasteiger partial charge in [0, 0.05) is 19.4 Å². The zero-order valence-electron chi connectivity index (χ0n) is 10.2. The quantitative estimate of drug-likeness (QED) is 0.806. The van der Waals surface area contributed by atoms with Gasteiger partial charge in [0.1, 0.15) is 16.1 Å². The Bertz CT molecular complexity index is 401. The van der Waals surface area contributed by atoms with Gasteiger partial charge in [-0.25, -0.2) is 4.98 Å². The zero-order valence-corrected chi connectivity index (χ0v) is 11.0. The van der Waals surface area contributed by atoms with E-state index in [1.807, 2.05) is 20.8 Å². The van der Waals surface area contributed by atoms with Crippen LogP contribution in [0.3, 0.4) is 0 Å². The van der Waals surface area contributed by atoms with E-state index in [1.165, 1.54) is 0 Å². The zero-order chi connectivity index (χ0) is 12.2. The third kappa shape index (κ3) is 3.37. The highest BCUT2D eigenvalue weighted by atomic mass is 32.1. The molecular formula is C11H18N2O2S. The van der Waals surface area contributed by atoms with Crippen LogP contribution in [0.1, 0.15) is 32.3 Å². The monoisotopic (exact) mass is 242 g/mol. The Kier molecular flexibility index (Phi) is 4.58. The van der Waals surface area contributed by atoms with Crippen molar-refractivity contribution in [3.63, 3.8) is 0 Å². The van der Waals surface area contributed by atoms with Crippen molar-refractivity contribution in [3.05, 3.63) is 22.2 Å². The van der Waals surface area contributed by atoms with Crippen LogP contribution in [0.2, 0.25) is 0 Å². The first-order valence-electron chi connectivity index (χ1n) is 5.23. The van der Waals surface area contributed by atoms with Crippen LogP contribution in [0.25, 0.3) is 0 Å². The minimum Gasteiger partial charge on any atom is -0.378 e. The highest BCUT2D eigenvalue weighted by Gasteiger charge is 2.23. The third-order valence-electron chi connectivity index (χ3n) is 2.17. The maximum Gasteiger partial charge on any atom is 0.139 e. The summed E-state index contributed by atoms with van der Waals surface area (Å²) in [6.07, 6.45) is 0. The van der Waals surface area contributed by atoms with Gasteiger partial charge in [0.15, 0.2) is 0 Å². The topological polar surface area (TPSA) is 47.1 Å². The minimum atomic E-state index is -0.466. The van der Waals surface area contributed by atoms with Gasteiger partial charge in [-0.1, -0.05) is 12.2 Å². The van der Waals surface area contributed by atoms with Crippen LogP contribution < -0.4 is 0 Å². The minimum absolute atomic E-state index is 0.466. The molecule has 1 aromatic heterocycles. The van der Waals surface area contributed by atoms with E-state index in [0.717, 1.165) is 11.5 Å². The Labute approximate surface area is 101 Å². The van der Waals surface area contributed by atoms with Crippen molar-refractivity contribution in [2.75, 3.05) is 13.7 Å². The standard InChI is InChI=1S/C11H18N2O2S/c1-5-15-11(2,3)10-12-8(7-14-4)6-9(16)13-10/h6H,5,7H2,1-4H3,(H,12,13,16). The van der Waals surface area contributed by atoms with Crippen LogP contribution in [0, 0.1) is 4.64 Å². The number of rotatable bonds is 5. The number of methoxy groups -OCH3 is 1. The number of ether oxygens (including phenoxy) is 2. The predicted octanol–water partition coefficient (Wildman–Crippen LogP) is 2.56. The number of aromatic amines is 1. The Morgan fingerprint density at radius 1 is 1.50 bits per heavy atom.